The molecule has 0 saturated heterocycles. The third kappa shape index (κ3) is 1.80. The Morgan fingerprint density at radius 3 is 2.50 bits per heavy atom. The van der Waals surface area contributed by atoms with E-state index in [9.17, 15) is 14.7 Å². The largest absolute Gasteiger partial charge is 0.508 e. The zero-order valence-electron chi connectivity index (χ0n) is 10.5. The average molecular weight is 268 g/mol. The lowest BCUT2D eigenvalue weighted by atomic mass is 10.1. The molecule has 1 aliphatic heterocycles. The number of carbonyl (C=O) groups excluding carboxylic acids is 2. The molecule has 3 rings (SSSR count). The fourth-order valence-electron chi connectivity index (χ4n) is 2.34. The zero-order chi connectivity index (χ0) is 14.3. The maximum absolute atomic E-state index is 12.3. The Bertz CT molecular complexity index is 725. The summed E-state index contributed by atoms with van der Waals surface area (Å²) >= 11 is 0. The maximum Gasteiger partial charge on any atom is 0.263 e. The first kappa shape index (κ1) is 12.2. The van der Waals surface area contributed by atoms with E-state index in [0.29, 0.717) is 16.8 Å². The molecule has 3 N–H and O–H groups in total. The van der Waals surface area contributed by atoms with Crippen LogP contribution in [-0.4, -0.2) is 21.8 Å². The van der Waals surface area contributed by atoms with Gasteiger partial charge < -0.3 is 10.8 Å². The molecule has 0 spiro atoms. The number of aromatic hydroxyl groups is 1. The summed E-state index contributed by atoms with van der Waals surface area (Å²) in [5.74, 6) is -0.661. The molecule has 0 unspecified atom stereocenters. The monoisotopic (exact) mass is 268 g/mol. The number of nitrogens with two attached hydrogens (primary N) is 1. The molecule has 2 amide bonds. The van der Waals surface area contributed by atoms with Gasteiger partial charge in [-0.15, -0.1) is 0 Å². The smallest absolute Gasteiger partial charge is 0.263 e. The molecule has 5 nitrogen and oxygen atoms in total. The number of anilines is 1. The van der Waals surface area contributed by atoms with Crippen LogP contribution in [0.5, 0.6) is 5.75 Å². The molecule has 1 heterocycles. The number of phenolic OH excluding ortho intramolecular Hbond substituents is 1. The fourth-order valence-corrected chi connectivity index (χ4v) is 2.34. The normalized spacial score (nSPS) is 13.7. The van der Waals surface area contributed by atoms with Crippen LogP contribution in [0.3, 0.4) is 0 Å². The van der Waals surface area contributed by atoms with E-state index in [-0.39, 0.29) is 23.8 Å². The van der Waals surface area contributed by atoms with Crippen LogP contribution in [-0.2, 0) is 6.54 Å². The summed E-state index contributed by atoms with van der Waals surface area (Å²) in [5, 5.41) is 9.43. The van der Waals surface area contributed by atoms with Gasteiger partial charge in [0, 0.05) is 5.69 Å². The van der Waals surface area contributed by atoms with Gasteiger partial charge in [0.2, 0.25) is 0 Å². The number of rotatable bonds is 2. The number of hydrogen-bond donors (Lipinski definition) is 2. The number of imide groups is 1. The summed E-state index contributed by atoms with van der Waals surface area (Å²) in [7, 11) is 0. The van der Waals surface area contributed by atoms with Crippen molar-refractivity contribution >= 4 is 17.5 Å². The number of amides is 2. The highest BCUT2D eigenvalue weighted by atomic mass is 16.3. The minimum Gasteiger partial charge on any atom is -0.508 e. The summed E-state index contributed by atoms with van der Waals surface area (Å²) < 4.78 is 0. The van der Waals surface area contributed by atoms with E-state index in [2.05, 4.69) is 0 Å². The van der Waals surface area contributed by atoms with Crippen molar-refractivity contribution in [2.24, 2.45) is 0 Å². The summed E-state index contributed by atoms with van der Waals surface area (Å²) in [4.78, 5) is 25.7. The summed E-state index contributed by atoms with van der Waals surface area (Å²) in [6.45, 7) is 0.111. The average Bonchev–Trinajstić information content (AvgIpc) is 2.65. The second-order valence-electron chi connectivity index (χ2n) is 4.64. The van der Waals surface area contributed by atoms with Crippen molar-refractivity contribution in [2.75, 3.05) is 5.73 Å². The molecule has 1 aliphatic rings. The predicted octanol–water partition coefficient (Wildman–Crippen LogP) is 1.77. The maximum atomic E-state index is 12.3. The van der Waals surface area contributed by atoms with Crippen LogP contribution in [0.15, 0.2) is 42.5 Å². The molecular weight excluding hydrogens is 256 g/mol. The predicted molar refractivity (Wildman–Crippen MR) is 73.2 cm³/mol. The molecule has 5 heteroatoms. The van der Waals surface area contributed by atoms with Crippen LogP contribution in [0.2, 0.25) is 0 Å². The van der Waals surface area contributed by atoms with Crippen molar-refractivity contribution in [3.63, 3.8) is 0 Å². The highest BCUT2D eigenvalue weighted by molar-refractivity contribution is 6.23. The Hall–Kier alpha value is -2.82. The van der Waals surface area contributed by atoms with Gasteiger partial charge >= 0.3 is 0 Å². The summed E-state index contributed by atoms with van der Waals surface area (Å²) in [6, 6.07) is 11.3. The molecule has 2 aromatic carbocycles. The van der Waals surface area contributed by atoms with Gasteiger partial charge in [-0.1, -0.05) is 18.2 Å². The van der Waals surface area contributed by atoms with E-state index in [1.54, 1.807) is 30.3 Å². The third-order valence-corrected chi connectivity index (χ3v) is 3.28. The van der Waals surface area contributed by atoms with E-state index in [0.717, 1.165) is 4.90 Å². The van der Waals surface area contributed by atoms with Gasteiger partial charge in [-0.05, 0) is 29.8 Å². The topological polar surface area (TPSA) is 83.6 Å². The van der Waals surface area contributed by atoms with Gasteiger partial charge in [0.1, 0.15) is 5.75 Å². The summed E-state index contributed by atoms with van der Waals surface area (Å²) in [5.41, 5.74) is 7.34. The second-order valence-corrected chi connectivity index (χ2v) is 4.64. The zero-order valence-corrected chi connectivity index (χ0v) is 10.5. The number of nitrogens with zero attached hydrogens (tertiary/aromatic N) is 1. The Morgan fingerprint density at radius 2 is 1.80 bits per heavy atom. The Kier molecular flexibility index (Phi) is 2.68. The molecule has 0 radical (unpaired) electrons. The van der Waals surface area contributed by atoms with Gasteiger partial charge in [-0.25, -0.2) is 0 Å². The van der Waals surface area contributed by atoms with Crippen LogP contribution < -0.4 is 5.73 Å². The lowest BCUT2D eigenvalue weighted by Crippen LogP contribution is -2.29. The molecule has 0 aromatic heterocycles. The first-order valence-corrected chi connectivity index (χ1v) is 6.10. The van der Waals surface area contributed by atoms with Crippen molar-refractivity contribution in [3.8, 4) is 5.75 Å². The SMILES string of the molecule is Nc1cccc2c1C(=O)N(Cc1cccc(O)c1)C2=O. The number of fused-ring (bicyclic) bond motifs is 1. The van der Waals surface area contributed by atoms with Crippen LogP contribution in [0.1, 0.15) is 26.3 Å². The first-order chi connectivity index (χ1) is 9.58. The Balaban J connectivity index is 1.96. The van der Waals surface area contributed by atoms with E-state index >= 15 is 0 Å². The van der Waals surface area contributed by atoms with Crippen LogP contribution in [0.4, 0.5) is 5.69 Å². The molecule has 0 aliphatic carbocycles. The fraction of sp³-hybridized carbons (Fsp3) is 0.0667. The van der Waals surface area contributed by atoms with E-state index in [1.165, 1.54) is 12.1 Å². The van der Waals surface area contributed by atoms with Gasteiger partial charge in [0.05, 0.1) is 17.7 Å². The number of phenols is 1. The molecule has 0 atom stereocenters. The molecular formula is C15H12N2O3. The molecule has 0 saturated carbocycles. The van der Waals surface area contributed by atoms with Gasteiger partial charge in [0.25, 0.3) is 11.8 Å². The minimum atomic E-state index is -0.397. The van der Waals surface area contributed by atoms with Crippen molar-refractivity contribution in [1.82, 2.24) is 4.90 Å². The molecule has 20 heavy (non-hydrogen) atoms. The molecule has 2 aromatic rings. The van der Waals surface area contributed by atoms with E-state index in [1.807, 2.05) is 0 Å². The lowest BCUT2D eigenvalue weighted by molar-refractivity contribution is 0.0642. The third-order valence-electron chi connectivity index (χ3n) is 3.28. The number of hydrogen-bond acceptors (Lipinski definition) is 4. The van der Waals surface area contributed by atoms with Crippen LogP contribution in [0.25, 0.3) is 0 Å². The van der Waals surface area contributed by atoms with Gasteiger partial charge in [0.15, 0.2) is 0 Å². The standard InChI is InChI=1S/C15H12N2O3/c16-12-6-2-5-11-13(12)15(20)17(14(11)19)8-9-3-1-4-10(18)7-9/h1-7,18H,8,16H2. The first-order valence-electron chi connectivity index (χ1n) is 6.10. The highest BCUT2D eigenvalue weighted by Crippen LogP contribution is 2.29. The quantitative estimate of drug-likeness (QED) is 0.642. The molecule has 0 fully saturated rings. The van der Waals surface area contributed by atoms with Crippen molar-refractivity contribution in [3.05, 3.63) is 59.2 Å². The van der Waals surface area contributed by atoms with E-state index in [4.69, 9.17) is 5.73 Å². The van der Waals surface area contributed by atoms with Crippen molar-refractivity contribution in [1.29, 1.82) is 0 Å². The number of nitrogen functional groups attached to an aromatic ring is 1. The van der Waals surface area contributed by atoms with Crippen molar-refractivity contribution < 1.29 is 14.7 Å². The van der Waals surface area contributed by atoms with Crippen LogP contribution in [0, 0.1) is 0 Å². The number of benzene rings is 2. The molecule has 0 bridgehead atoms. The Labute approximate surface area is 115 Å². The van der Waals surface area contributed by atoms with E-state index < -0.39 is 5.91 Å². The Morgan fingerprint density at radius 1 is 1.05 bits per heavy atom. The highest BCUT2D eigenvalue weighted by Gasteiger charge is 2.36. The van der Waals surface area contributed by atoms with Crippen LogP contribution >= 0.6 is 0 Å². The number of carbonyl (C=O) groups is 2. The van der Waals surface area contributed by atoms with Crippen molar-refractivity contribution in [2.45, 2.75) is 6.54 Å². The molecule has 100 valence electrons. The van der Waals surface area contributed by atoms with Gasteiger partial charge in [-0.3, -0.25) is 14.5 Å². The lowest BCUT2D eigenvalue weighted by Gasteiger charge is -2.14. The summed E-state index contributed by atoms with van der Waals surface area (Å²) in [6.07, 6.45) is 0. The second kappa shape index (κ2) is 4.38. The van der Waals surface area contributed by atoms with Gasteiger partial charge in [-0.2, -0.15) is 0 Å². The minimum absolute atomic E-state index is 0.0959.